The minimum Gasteiger partial charge on any atom is -0.497 e. The van der Waals surface area contributed by atoms with Gasteiger partial charge in [0, 0.05) is 5.02 Å². The fourth-order valence-electron chi connectivity index (χ4n) is 0.990. The monoisotopic (exact) mass is 182 g/mol. The molecule has 0 aliphatic carbocycles. The molecule has 64 valence electrons. The highest BCUT2D eigenvalue weighted by Crippen LogP contribution is 2.22. The molecule has 0 N–H and O–H groups in total. The number of methoxy groups -OCH3 is 1. The molecule has 0 fully saturated rings. The van der Waals surface area contributed by atoms with Crippen LogP contribution >= 0.6 is 11.6 Å². The SMILES string of the molecule is C=CCc1cc(OC)ccc1Cl. The van der Waals surface area contributed by atoms with Crippen molar-refractivity contribution in [2.45, 2.75) is 6.42 Å². The Kier molecular flexibility index (Phi) is 3.18. The Balaban J connectivity index is 2.99. The van der Waals surface area contributed by atoms with E-state index in [-0.39, 0.29) is 0 Å². The molecule has 0 atom stereocenters. The standard InChI is InChI=1S/C10H11ClO/c1-3-4-8-7-9(12-2)5-6-10(8)11/h3,5-7H,1,4H2,2H3. The molecule has 1 rings (SSSR count). The summed E-state index contributed by atoms with van der Waals surface area (Å²) < 4.78 is 5.06. The quantitative estimate of drug-likeness (QED) is 0.653. The Morgan fingerprint density at radius 3 is 2.92 bits per heavy atom. The van der Waals surface area contributed by atoms with Gasteiger partial charge in [0.1, 0.15) is 5.75 Å². The maximum atomic E-state index is 5.93. The zero-order valence-electron chi connectivity index (χ0n) is 7.01. The van der Waals surface area contributed by atoms with Crippen LogP contribution in [0, 0.1) is 0 Å². The van der Waals surface area contributed by atoms with Gasteiger partial charge in [-0.15, -0.1) is 6.58 Å². The summed E-state index contributed by atoms with van der Waals surface area (Å²) >= 11 is 5.93. The molecule has 1 aromatic rings. The highest BCUT2D eigenvalue weighted by atomic mass is 35.5. The molecule has 2 heteroatoms. The first-order valence-corrected chi connectivity index (χ1v) is 4.09. The topological polar surface area (TPSA) is 9.23 Å². The largest absolute Gasteiger partial charge is 0.497 e. The first-order valence-electron chi connectivity index (χ1n) is 3.71. The van der Waals surface area contributed by atoms with Gasteiger partial charge in [-0.25, -0.2) is 0 Å². The van der Waals surface area contributed by atoms with Crippen molar-refractivity contribution in [3.8, 4) is 5.75 Å². The molecule has 0 spiro atoms. The van der Waals surface area contributed by atoms with Gasteiger partial charge in [-0.1, -0.05) is 17.7 Å². The van der Waals surface area contributed by atoms with Gasteiger partial charge >= 0.3 is 0 Å². The molecule has 0 saturated carbocycles. The smallest absolute Gasteiger partial charge is 0.119 e. The highest BCUT2D eigenvalue weighted by Gasteiger charge is 1.99. The fraction of sp³-hybridized carbons (Fsp3) is 0.200. The number of ether oxygens (including phenoxy) is 1. The van der Waals surface area contributed by atoms with Gasteiger partial charge in [-0.2, -0.15) is 0 Å². The Morgan fingerprint density at radius 2 is 2.33 bits per heavy atom. The van der Waals surface area contributed by atoms with E-state index in [1.165, 1.54) is 0 Å². The zero-order valence-corrected chi connectivity index (χ0v) is 7.77. The number of hydrogen-bond acceptors (Lipinski definition) is 1. The number of hydrogen-bond donors (Lipinski definition) is 0. The second-order valence-corrected chi connectivity index (χ2v) is 2.86. The van der Waals surface area contributed by atoms with Gasteiger partial charge in [0.15, 0.2) is 0 Å². The van der Waals surface area contributed by atoms with E-state index in [1.54, 1.807) is 7.11 Å². The van der Waals surface area contributed by atoms with Crippen molar-refractivity contribution in [3.63, 3.8) is 0 Å². The Hall–Kier alpha value is -0.950. The van der Waals surface area contributed by atoms with Crippen LogP contribution in [0.25, 0.3) is 0 Å². The lowest BCUT2D eigenvalue weighted by Gasteiger charge is -2.04. The molecule has 1 aromatic carbocycles. The van der Waals surface area contributed by atoms with E-state index in [9.17, 15) is 0 Å². The number of allylic oxidation sites excluding steroid dienone is 1. The molecule has 0 bridgehead atoms. The molecule has 12 heavy (non-hydrogen) atoms. The van der Waals surface area contributed by atoms with Gasteiger partial charge in [-0.3, -0.25) is 0 Å². The van der Waals surface area contributed by atoms with E-state index in [1.807, 2.05) is 24.3 Å². The minimum absolute atomic E-state index is 0.760. The van der Waals surface area contributed by atoms with Gasteiger partial charge in [0.2, 0.25) is 0 Å². The van der Waals surface area contributed by atoms with Gasteiger partial charge in [-0.05, 0) is 30.2 Å². The molecule has 0 aromatic heterocycles. The Bertz CT molecular complexity index is 281. The Morgan fingerprint density at radius 1 is 1.58 bits per heavy atom. The third kappa shape index (κ3) is 2.02. The van der Waals surface area contributed by atoms with E-state index in [0.717, 1.165) is 22.8 Å². The summed E-state index contributed by atoms with van der Waals surface area (Å²) in [5.41, 5.74) is 1.05. The fourth-order valence-corrected chi connectivity index (χ4v) is 1.18. The minimum atomic E-state index is 0.760. The van der Waals surface area contributed by atoms with E-state index in [2.05, 4.69) is 6.58 Å². The lowest BCUT2D eigenvalue weighted by Crippen LogP contribution is -1.87. The van der Waals surface area contributed by atoms with Crippen molar-refractivity contribution in [1.82, 2.24) is 0 Å². The molecule has 0 heterocycles. The second kappa shape index (κ2) is 4.17. The van der Waals surface area contributed by atoms with Gasteiger partial charge in [0.25, 0.3) is 0 Å². The summed E-state index contributed by atoms with van der Waals surface area (Å²) in [4.78, 5) is 0. The summed E-state index contributed by atoms with van der Waals surface area (Å²) in [7, 11) is 1.64. The maximum absolute atomic E-state index is 5.93. The molecule has 0 aliphatic rings. The van der Waals surface area contributed by atoms with Crippen LogP contribution in [0.5, 0.6) is 5.75 Å². The van der Waals surface area contributed by atoms with Crippen LogP contribution in [-0.2, 0) is 6.42 Å². The van der Waals surface area contributed by atoms with Crippen LogP contribution in [0.3, 0.4) is 0 Å². The average molecular weight is 183 g/mol. The number of benzene rings is 1. The first kappa shape index (κ1) is 9.14. The van der Waals surface area contributed by atoms with Crippen molar-refractivity contribution in [2.75, 3.05) is 7.11 Å². The third-order valence-corrected chi connectivity index (χ3v) is 1.99. The van der Waals surface area contributed by atoms with Crippen molar-refractivity contribution in [3.05, 3.63) is 41.4 Å². The third-order valence-electron chi connectivity index (χ3n) is 1.62. The van der Waals surface area contributed by atoms with Crippen LogP contribution in [0.4, 0.5) is 0 Å². The lowest BCUT2D eigenvalue weighted by atomic mass is 10.1. The van der Waals surface area contributed by atoms with Crippen LogP contribution in [0.1, 0.15) is 5.56 Å². The van der Waals surface area contributed by atoms with E-state index in [0.29, 0.717) is 0 Å². The van der Waals surface area contributed by atoms with Crippen LogP contribution in [0.2, 0.25) is 5.02 Å². The molecule has 0 unspecified atom stereocenters. The van der Waals surface area contributed by atoms with E-state index in [4.69, 9.17) is 16.3 Å². The van der Waals surface area contributed by atoms with Crippen molar-refractivity contribution < 1.29 is 4.74 Å². The first-order chi connectivity index (χ1) is 5.77. The van der Waals surface area contributed by atoms with Gasteiger partial charge in [0.05, 0.1) is 7.11 Å². The molecule has 0 amide bonds. The van der Waals surface area contributed by atoms with Crippen LogP contribution in [0.15, 0.2) is 30.9 Å². The van der Waals surface area contributed by atoms with Gasteiger partial charge < -0.3 is 4.74 Å². The normalized spacial score (nSPS) is 9.50. The van der Waals surface area contributed by atoms with Crippen molar-refractivity contribution in [1.29, 1.82) is 0 Å². The highest BCUT2D eigenvalue weighted by molar-refractivity contribution is 6.31. The van der Waals surface area contributed by atoms with Crippen LogP contribution < -0.4 is 4.74 Å². The second-order valence-electron chi connectivity index (χ2n) is 2.45. The van der Waals surface area contributed by atoms with Crippen molar-refractivity contribution >= 4 is 11.6 Å². The number of halogens is 1. The molecule has 0 saturated heterocycles. The molecular formula is C10H11ClO. The summed E-state index contributed by atoms with van der Waals surface area (Å²) in [5.74, 6) is 0.830. The summed E-state index contributed by atoms with van der Waals surface area (Å²) in [6.45, 7) is 3.65. The summed E-state index contributed by atoms with van der Waals surface area (Å²) in [6.07, 6.45) is 2.59. The molecule has 0 radical (unpaired) electrons. The van der Waals surface area contributed by atoms with E-state index < -0.39 is 0 Å². The average Bonchev–Trinajstić information content (AvgIpc) is 2.09. The maximum Gasteiger partial charge on any atom is 0.119 e. The summed E-state index contributed by atoms with van der Waals surface area (Å²) in [5, 5.41) is 0.760. The predicted molar refractivity (Wildman–Crippen MR) is 51.9 cm³/mol. The Labute approximate surface area is 77.6 Å². The molecule has 0 aliphatic heterocycles. The number of rotatable bonds is 3. The predicted octanol–water partition coefficient (Wildman–Crippen LogP) is 3.08. The van der Waals surface area contributed by atoms with Crippen molar-refractivity contribution in [2.24, 2.45) is 0 Å². The molecular weight excluding hydrogens is 172 g/mol. The lowest BCUT2D eigenvalue weighted by molar-refractivity contribution is 0.414. The molecule has 1 nitrogen and oxygen atoms in total. The van der Waals surface area contributed by atoms with E-state index >= 15 is 0 Å². The zero-order chi connectivity index (χ0) is 8.97. The van der Waals surface area contributed by atoms with Crippen LogP contribution in [-0.4, -0.2) is 7.11 Å². The summed E-state index contributed by atoms with van der Waals surface area (Å²) in [6, 6.07) is 5.60.